The number of hydrogen-bond acceptors (Lipinski definition) is 4. The Bertz CT molecular complexity index is 1100. The van der Waals surface area contributed by atoms with E-state index in [1.807, 2.05) is 39.0 Å². The molecule has 0 aliphatic carbocycles. The lowest BCUT2D eigenvalue weighted by Crippen LogP contribution is -2.35. The summed E-state index contributed by atoms with van der Waals surface area (Å²) in [6, 6.07) is 7.38. The number of aromatic nitrogens is 2. The molecule has 3 aromatic rings. The van der Waals surface area contributed by atoms with Gasteiger partial charge in [0, 0.05) is 40.2 Å². The molecule has 0 atom stereocenters. The molecular weight excluding hydrogens is 408 g/mol. The number of amides is 2. The molecule has 0 unspecified atom stereocenters. The van der Waals surface area contributed by atoms with Gasteiger partial charge in [-0.3, -0.25) is 9.59 Å². The highest BCUT2D eigenvalue weighted by Gasteiger charge is 2.27. The van der Waals surface area contributed by atoms with Crippen molar-refractivity contribution in [2.24, 2.45) is 5.41 Å². The van der Waals surface area contributed by atoms with Crippen LogP contribution < -0.4 is 5.32 Å². The van der Waals surface area contributed by atoms with Crippen LogP contribution in [-0.2, 0) is 17.8 Å². The van der Waals surface area contributed by atoms with Gasteiger partial charge in [-0.05, 0) is 23.6 Å². The van der Waals surface area contributed by atoms with E-state index in [2.05, 4.69) is 15.3 Å². The molecule has 0 spiro atoms. The first-order valence-corrected chi connectivity index (χ1v) is 10.7. The lowest BCUT2D eigenvalue weighted by molar-refractivity contribution is -0.117. The van der Waals surface area contributed by atoms with Gasteiger partial charge in [0.1, 0.15) is 5.69 Å². The molecule has 2 N–H and O–H groups in total. The minimum Gasteiger partial charge on any atom is -0.350 e. The van der Waals surface area contributed by atoms with Gasteiger partial charge in [0.2, 0.25) is 5.91 Å². The number of halogens is 1. The molecule has 1 aliphatic heterocycles. The van der Waals surface area contributed by atoms with Crippen LogP contribution in [0.1, 0.15) is 48.3 Å². The quantitative estimate of drug-likeness (QED) is 0.623. The summed E-state index contributed by atoms with van der Waals surface area (Å²) in [6.07, 6.45) is 1.11. The van der Waals surface area contributed by atoms with Crippen molar-refractivity contribution in [1.82, 2.24) is 14.9 Å². The molecule has 0 saturated carbocycles. The third-order valence-corrected chi connectivity index (χ3v) is 6.12. The van der Waals surface area contributed by atoms with Crippen LogP contribution in [0.25, 0.3) is 10.9 Å². The molecule has 0 fully saturated rings. The number of H-pyrrole nitrogens is 1. The topological polar surface area (TPSA) is 78.1 Å². The van der Waals surface area contributed by atoms with Gasteiger partial charge in [0.25, 0.3) is 5.91 Å². The molecule has 0 radical (unpaired) electrons. The van der Waals surface area contributed by atoms with E-state index in [-0.39, 0.29) is 17.2 Å². The number of thiazole rings is 1. The molecular formula is C21H23ClN4O2S. The molecule has 29 heavy (non-hydrogen) atoms. The predicted octanol–water partition coefficient (Wildman–Crippen LogP) is 4.85. The summed E-state index contributed by atoms with van der Waals surface area (Å²) in [6.45, 7) is 7.17. The average molecular weight is 431 g/mol. The van der Waals surface area contributed by atoms with E-state index in [1.54, 1.807) is 11.0 Å². The third-order valence-electron chi connectivity index (χ3n) is 4.80. The van der Waals surface area contributed by atoms with Crippen LogP contribution >= 0.6 is 22.9 Å². The summed E-state index contributed by atoms with van der Waals surface area (Å²) >= 11 is 7.67. The monoisotopic (exact) mass is 430 g/mol. The number of carbonyl (C=O) groups is 2. The van der Waals surface area contributed by atoms with Crippen LogP contribution in [0.15, 0.2) is 24.3 Å². The minimum atomic E-state index is -0.0767. The SMILES string of the molecule is CC(C)(C)CC(=O)Nc1nc2c(s1)CN(C(=O)c1cc3c(Cl)cccc3[nH]1)CC2. The zero-order valence-electron chi connectivity index (χ0n) is 16.6. The average Bonchev–Trinajstić information content (AvgIpc) is 3.22. The summed E-state index contributed by atoms with van der Waals surface area (Å²) in [5.74, 6) is -0.0962. The number of fused-ring (bicyclic) bond motifs is 2. The van der Waals surface area contributed by atoms with Gasteiger partial charge in [-0.15, -0.1) is 0 Å². The van der Waals surface area contributed by atoms with Gasteiger partial charge >= 0.3 is 0 Å². The van der Waals surface area contributed by atoms with Crippen LogP contribution in [0, 0.1) is 5.41 Å². The van der Waals surface area contributed by atoms with Crippen LogP contribution in [-0.4, -0.2) is 33.2 Å². The van der Waals surface area contributed by atoms with Gasteiger partial charge in [0.15, 0.2) is 5.13 Å². The van der Waals surface area contributed by atoms with Crippen LogP contribution in [0.3, 0.4) is 0 Å². The summed E-state index contributed by atoms with van der Waals surface area (Å²) in [5.41, 5.74) is 2.26. The maximum atomic E-state index is 13.0. The van der Waals surface area contributed by atoms with E-state index in [0.29, 0.717) is 41.8 Å². The Hall–Kier alpha value is -2.38. The molecule has 6 nitrogen and oxygen atoms in total. The normalized spacial score (nSPS) is 14.1. The van der Waals surface area contributed by atoms with Crippen molar-refractivity contribution in [3.8, 4) is 0 Å². The number of nitrogens with one attached hydrogen (secondary N) is 2. The highest BCUT2D eigenvalue weighted by Crippen LogP contribution is 2.31. The Morgan fingerprint density at radius 3 is 2.86 bits per heavy atom. The molecule has 8 heteroatoms. The Morgan fingerprint density at radius 1 is 1.34 bits per heavy atom. The number of carbonyl (C=O) groups excluding carboxylic acids is 2. The van der Waals surface area contributed by atoms with Crippen LogP contribution in [0.5, 0.6) is 0 Å². The van der Waals surface area contributed by atoms with Gasteiger partial charge in [-0.1, -0.05) is 49.8 Å². The number of benzene rings is 1. The highest BCUT2D eigenvalue weighted by atomic mass is 35.5. The largest absolute Gasteiger partial charge is 0.350 e. The number of nitrogens with zero attached hydrogens (tertiary/aromatic N) is 2. The fourth-order valence-corrected chi connectivity index (χ4v) is 4.74. The first-order valence-electron chi connectivity index (χ1n) is 9.54. The fraction of sp³-hybridized carbons (Fsp3) is 0.381. The maximum Gasteiger partial charge on any atom is 0.270 e. The Balaban J connectivity index is 1.48. The fourth-order valence-electron chi connectivity index (χ4n) is 3.47. The van der Waals surface area contributed by atoms with Crippen molar-refractivity contribution in [3.05, 3.63) is 45.6 Å². The van der Waals surface area contributed by atoms with E-state index in [0.717, 1.165) is 21.5 Å². The summed E-state index contributed by atoms with van der Waals surface area (Å²) in [4.78, 5) is 35.7. The first kappa shape index (κ1) is 19.9. The lowest BCUT2D eigenvalue weighted by atomic mass is 9.92. The highest BCUT2D eigenvalue weighted by molar-refractivity contribution is 7.15. The second-order valence-electron chi connectivity index (χ2n) is 8.54. The number of anilines is 1. The molecule has 0 bridgehead atoms. The van der Waals surface area contributed by atoms with Crippen LogP contribution in [0.4, 0.5) is 5.13 Å². The van der Waals surface area contributed by atoms with Gasteiger partial charge in [0.05, 0.1) is 12.2 Å². The summed E-state index contributed by atoms with van der Waals surface area (Å²) < 4.78 is 0. The zero-order chi connectivity index (χ0) is 20.8. The van der Waals surface area contributed by atoms with Crippen molar-refractivity contribution in [1.29, 1.82) is 0 Å². The molecule has 0 saturated heterocycles. The smallest absolute Gasteiger partial charge is 0.270 e. The Labute approximate surface area is 178 Å². The maximum absolute atomic E-state index is 13.0. The van der Waals surface area contributed by atoms with E-state index < -0.39 is 0 Å². The van der Waals surface area contributed by atoms with Crippen molar-refractivity contribution < 1.29 is 9.59 Å². The van der Waals surface area contributed by atoms with Gasteiger partial charge < -0.3 is 15.2 Å². The third kappa shape index (κ3) is 4.31. The van der Waals surface area contributed by atoms with E-state index >= 15 is 0 Å². The predicted molar refractivity (Wildman–Crippen MR) is 117 cm³/mol. The Morgan fingerprint density at radius 2 is 2.14 bits per heavy atom. The first-order chi connectivity index (χ1) is 13.7. The standard InChI is InChI=1S/C21H23ClN4O2S/c1-21(2,3)10-18(27)25-20-24-15-7-8-26(11-17(15)29-20)19(28)16-9-12-13(22)5-4-6-14(12)23-16/h4-6,9,23H,7-8,10-11H2,1-3H3,(H,24,25,27). The second-order valence-corrected chi connectivity index (χ2v) is 10.0. The van der Waals surface area contributed by atoms with E-state index in [4.69, 9.17) is 11.6 Å². The Kier molecular flexibility index (Phi) is 5.12. The van der Waals surface area contributed by atoms with Crippen LogP contribution in [0.2, 0.25) is 5.02 Å². The number of aromatic amines is 1. The molecule has 4 rings (SSSR count). The number of hydrogen-bond donors (Lipinski definition) is 2. The van der Waals surface area contributed by atoms with Crippen molar-refractivity contribution in [2.45, 2.75) is 40.2 Å². The molecule has 2 amide bonds. The molecule has 2 aromatic heterocycles. The molecule has 152 valence electrons. The number of rotatable bonds is 3. The van der Waals surface area contributed by atoms with Gasteiger partial charge in [-0.25, -0.2) is 4.98 Å². The summed E-state index contributed by atoms with van der Waals surface area (Å²) in [7, 11) is 0. The zero-order valence-corrected chi connectivity index (χ0v) is 18.2. The molecule has 1 aromatic carbocycles. The van der Waals surface area contributed by atoms with Crippen molar-refractivity contribution >= 4 is 50.8 Å². The second kappa shape index (κ2) is 7.46. The lowest BCUT2D eigenvalue weighted by Gasteiger charge is -2.25. The minimum absolute atomic E-state index is 0.0357. The summed E-state index contributed by atoms with van der Waals surface area (Å²) in [5, 5.41) is 4.97. The van der Waals surface area contributed by atoms with Crippen molar-refractivity contribution in [2.75, 3.05) is 11.9 Å². The van der Waals surface area contributed by atoms with E-state index in [1.165, 1.54) is 11.3 Å². The molecule has 3 heterocycles. The van der Waals surface area contributed by atoms with Crippen molar-refractivity contribution in [3.63, 3.8) is 0 Å². The van der Waals surface area contributed by atoms with Gasteiger partial charge in [-0.2, -0.15) is 0 Å². The van der Waals surface area contributed by atoms with E-state index in [9.17, 15) is 9.59 Å². The molecule has 1 aliphatic rings.